The molecule has 0 aliphatic heterocycles. The van der Waals surface area contributed by atoms with Gasteiger partial charge in [0.2, 0.25) is 0 Å². The van der Waals surface area contributed by atoms with Crippen molar-refractivity contribution in [3.05, 3.63) is 111 Å². The van der Waals surface area contributed by atoms with Crippen LogP contribution in [0.5, 0.6) is 0 Å². The molecule has 4 aromatic rings. The van der Waals surface area contributed by atoms with Crippen LogP contribution in [0.1, 0.15) is 11.1 Å². The smallest absolute Gasteiger partial charge is 0.288 e. The highest BCUT2D eigenvalue weighted by atomic mass is 19.1. The summed E-state index contributed by atoms with van der Waals surface area (Å²) in [5.74, 6) is -0.364. The van der Waals surface area contributed by atoms with Gasteiger partial charge in [-0.2, -0.15) is 0 Å². The Bertz CT molecular complexity index is 1270. The van der Waals surface area contributed by atoms with Gasteiger partial charge in [0.05, 0.1) is 23.1 Å². The minimum atomic E-state index is -0.450. The first kappa shape index (κ1) is 17.0. The van der Waals surface area contributed by atoms with Crippen molar-refractivity contribution in [2.45, 2.75) is 13.5 Å². The molecule has 5 heteroatoms. The third kappa shape index (κ3) is 3.08. The first-order chi connectivity index (χ1) is 13.0. The molecule has 0 aliphatic carbocycles. The van der Waals surface area contributed by atoms with Crippen LogP contribution in [0.4, 0.5) is 4.39 Å². The van der Waals surface area contributed by atoms with Crippen LogP contribution in [-0.4, -0.2) is 9.13 Å². The van der Waals surface area contributed by atoms with Gasteiger partial charge in [-0.3, -0.25) is 9.36 Å². The summed E-state index contributed by atoms with van der Waals surface area (Å²) < 4.78 is 16.3. The Balaban J connectivity index is 2.03. The minimum absolute atomic E-state index is 0.170. The second-order valence-corrected chi connectivity index (χ2v) is 6.50. The lowest BCUT2D eigenvalue weighted by Gasteiger charge is -2.14. The summed E-state index contributed by atoms with van der Waals surface area (Å²) in [6.07, 6.45) is 0. The molecule has 0 saturated heterocycles. The van der Waals surface area contributed by atoms with Gasteiger partial charge >= 0.3 is 5.69 Å². The number of hydrogen-bond donors (Lipinski definition) is 0. The highest BCUT2D eigenvalue weighted by Crippen LogP contribution is 2.13. The van der Waals surface area contributed by atoms with E-state index in [1.807, 2.05) is 19.1 Å². The van der Waals surface area contributed by atoms with E-state index in [1.54, 1.807) is 48.5 Å². The molecule has 3 aromatic carbocycles. The second kappa shape index (κ2) is 6.68. The molecule has 4 nitrogen and oxygen atoms in total. The van der Waals surface area contributed by atoms with Gasteiger partial charge in [0, 0.05) is 0 Å². The van der Waals surface area contributed by atoms with E-state index in [0.29, 0.717) is 22.2 Å². The Hall–Kier alpha value is -3.47. The number of aromatic nitrogens is 2. The first-order valence-electron chi connectivity index (χ1n) is 8.61. The molecule has 0 bridgehead atoms. The number of aryl methyl sites for hydroxylation is 1. The minimum Gasteiger partial charge on any atom is -0.288 e. The van der Waals surface area contributed by atoms with Crippen molar-refractivity contribution in [2.24, 2.45) is 0 Å². The van der Waals surface area contributed by atoms with Crippen molar-refractivity contribution < 1.29 is 4.39 Å². The number of hydrogen-bond acceptors (Lipinski definition) is 2. The van der Waals surface area contributed by atoms with E-state index in [4.69, 9.17) is 0 Å². The maximum Gasteiger partial charge on any atom is 0.336 e. The summed E-state index contributed by atoms with van der Waals surface area (Å²) >= 11 is 0. The lowest BCUT2D eigenvalue weighted by Crippen LogP contribution is -2.39. The number of halogens is 1. The highest BCUT2D eigenvalue weighted by molar-refractivity contribution is 5.78. The van der Waals surface area contributed by atoms with E-state index < -0.39 is 5.69 Å². The molecule has 0 atom stereocenters. The molecule has 0 unspecified atom stereocenters. The lowest BCUT2D eigenvalue weighted by atomic mass is 10.2. The van der Waals surface area contributed by atoms with Crippen LogP contribution in [0, 0.1) is 12.7 Å². The Morgan fingerprint density at radius 2 is 1.67 bits per heavy atom. The van der Waals surface area contributed by atoms with Gasteiger partial charge in [0.1, 0.15) is 5.82 Å². The van der Waals surface area contributed by atoms with Crippen LogP contribution in [0.3, 0.4) is 0 Å². The average Bonchev–Trinajstić information content (AvgIpc) is 2.65. The van der Waals surface area contributed by atoms with Crippen LogP contribution in [-0.2, 0) is 6.54 Å². The van der Waals surface area contributed by atoms with Crippen LogP contribution >= 0.6 is 0 Å². The molecule has 0 fully saturated rings. The summed E-state index contributed by atoms with van der Waals surface area (Å²) in [6, 6.07) is 20.3. The molecular formula is C22H17FN2O2. The van der Waals surface area contributed by atoms with Crippen molar-refractivity contribution in [3.8, 4) is 5.69 Å². The van der Waals surface area contributed by atoms with Gasteiger partial charge < -0.3 is 0 Å². The third-order valence-electron chi connectivity index (χ3n) is 4.54. The van der Waals surface area contributed by atoms with Crippen molar-refractivity contribution >= 4 is 10.9 Å². The van der Waals surface area contributed by atoms with E-state index in [1.165, 1.54) is 21.3 Å². The molecule has 134 valence electrons. The van der Waals surface area contributed by atoms with Crippen LogP contribution < -0.4 is 11.2 Å². The molecule has 0 radical (unpaired) electrons. The SMILES string of the molecule is Cc1cccc(-n2c(=O)c3ccccc3n(Cc3cccc(F)c3)c2=O)c1. The zero-order valence-corrected chi connectivity index (χ0v) is 14.7. The van der Waals surface area contributed by atoms with Crippen LogP contribution in [0.2, 0.25) is 0 Å². The second-order valence-electron chi connectivity index (χ2n) is 6.50. The van der Waals surface area contributed by atoms with Gasteiger partial charge in [-0.15, -0.1) is 0 Å². The Morgan fingerprint density at radius 1 is 0.889 bits per heavy atom. The van der Waals surface area contributed by atoms with Crippen molar-refractivity contribution in [3.63, 3.8) is 0 Å². The van der Waals surface area contributed by atoms with Gasteiger partial charge in [-0.1, -0.05) is 36.4 Å². The molecule has 0 saturated carbocycles. The zero-order valence-electron chi connectivity index (χ0n) is 14.7. The fourth-order valence-electron chi connectivity index (χ4n) is 3.29. The summed E-state index contributed by atoms with van der Waals surface area (Å²) in [5, 5.41) is 0.440. The Labute approximate surface area is 154 Å². The van der Waals surface area contributed by atoms with Gasteiger partial charge in [0.15, 0.2) is 0 Å². The van der Waals surface area contributed by atoms with E-state index in [2.05, 4.69) is 0 Å². The van der Waals surface area contributed by atoms with Crippen molar-refractivity contribution in [1.82, 2.24) is 9.13 Å². The molecule has 0 N–H and O–H groups in total. The molecular weight excluding hydrogens is 343 g/mol. The number of fused-ring (bicyclic) bond motifs is 1. The monoisotopic (exact) mass is 360 g/mol. The van der Waals surface area contributed by atoms with E-state index in [9.17, 15) is 14.0 Å². The zero-order chi connectivity index (χ0) is 19.0. The first-order valence-corrected chi connectivity index (χ1v) is 8.61. The topological polar surface area (TPSA) is 44.0 Å². The third-order valence-corrected chi connectivity index (χ3v) is 4.54. The number of para-hydroxylation sites is 1. The average molecular weight is 360 g/mol. The fraction of sp³-hybridized carbons (Fsp3) is 0.0909. The fourth-order valence-corrected chi connectivity index (χ4v) is 3.29. The summed E-state index contributed by atoms with van der Waals surface area (Å²) in [7, 11) is 0. The maximum absolute atomic E-state index is 13.6. The van der Waals surface area contributed by atoms with Gasteiger partial charge in [0.25, 0.3) is 5.56 Å². The van der Waals surface area contributed by atoms with Crippen LogP contribution in [0.15, 0.2) is 82.4 Å². The van der Waals surface area contributed by atoms with E-state index in [-0.39, 0.29) is 17.9 Å². The Kier molecular flexibility index (Phi) is 4.20. The maximum atomic E-state index is 13.6. The molecule has 0 spiro atoms. The van der Waals surface area contributed by atoms with Crippen LogP contribution in [0.25, 0.3) is 16.6 Å². The standard InChI is InChI=1S/C22H17FN2O2/c1-15-6-4-9-18(12-15)25-21(26)19-10-2-3-11-20(19)24(22(25)27)14-16-7-5-8-17(23)13-16/h2-13H,14H2,1H3. The number of nitrogens with zero attached hydrogens (tertiary/aromatic N) is 2. The quantitative estimate of drug-likeness (QED) is 0.560. The molecule has 0 amide bonds. The van der Waals surface area contributed by atoms with E-state index >= 15 is 0 Å². The molecule has 1 heterocycles. The van der Waals surface area contributed by atoms with E-state index in [0.717, 1.165) is 5.56 Å². The summed E-state index contributed by atoms with van der Waals surface area (Å²) in [6.45, 7) is 2.07. The highest BCUT2D eigenvalue weighted by Gasteiger charge is 2.14. The normalized spacial score (nSPS) is 11.0. The van der Waals surface area contributed by atoms with Gasteiger partial charge in [-0.05, 0) is 54.4 Å². The molecule has 0 aliphatic rings. The predicted octanol–water partition coefficient (Wildman–Crippen LogP) is 3.65. The number of rotatable bonds is 3. The van der Waals surface area contributed by atoms with Crippen molar-refractivity contribution in [2.75, 3.05) is 0 Å². The lowest BCUT2D eigenvalue weighted by molar-refractivity contribution is 0.622. The van der Waals surface area contributed by atoms with Crippen molar-refractivity contribution in [1.29, 1.82) is 0 Å². The largest absolute Gasteiger partial charge is 0.336 e. The Morgan fingerprint density at radius 3 is 2.44 bits per heavy atom. The molecule has 1 aromatic heterocycles. The van der Waals surface area contributed by atoms with Gasteiger partial charge in [-0.25, -0.2) is 13.8 Å². The predicted molar refractivity (Wildman–Crippen MR) is 104 cm³/mol. The molecule has 27 heavy (non-hydrogen) atoms. The summed E-state index contributed by atoms with van der Waals surface area (Å²) in [4.78, 5) is 26.2. The number of benzene rings is 3. The summed E-state index contributed by atoms with van der Waals surface area (Å²) in [5.41, 5.74) is 1.83. The molecule has 4 rings (SSSR count).